The Labute approximate surface area is 226 Å². The summed E-state index contributed by atoms with van der Waals surface area (Å²) < 4.78 is 38.2. The van der Waals surface area contributed by atoms with Gasteiger partial charge in [-0.2, -0.15) is 0 Å². The number of aryl methyl sites for hydroxylation is 1. The van der Waals surface area contributed by atoms with Gasteiger partial charge in [-0.05, 0) is 59.7 Å². The highest BCUT2D eigenvalue weighted by atomic mass is 19.1. The molecule has 6 rings (SSSR count). The first-order valence-corrected chi connectivity index (χ1v) is 12.4. The molecule has 40 heavy (non-hydrogen) atoms. The Balaban J connectivity index is 1.62. The van der Waals surface area contributed by atoms with Gasteiger partial charge < -0.3 is 19.6 Å². The quantitative estimate of drug-likeness (QED) is 0.378. The molecule has 0 unspecified atom stereocenters. The Hall–Kier alpha value is -5.19. The van der Waals surface area contributed by atoms with Crippen LogP contribution < -0.4 is 20.8 Å². The van der Waals surface area contributed by atoms with Crippen LogP contribution in [0.4, 0.5) is 14.5 Å². The lowest BCUT2D eigenvalue weighted by Gasteiger charge is -2.17. The van der Waals surface area contributed by atoms with Gasteiger partial charge in [0.05, 0.1) is 29.5 Å². The lowest BCUT2D eigenvalue weighted by molar-refractivity contribution is -0.111. The molecule has 1 aliphatic carbocycles. The second-order valence-corrected chi connectivity index (χ2v) is 9.33. The van der Waals surface area contributed by atoms with Crippen molar-refractivity contribution in [2.45, 2.75) is 19.9 Å². The molecule has 1 amide bonds. The molecule has 9 nitrogen and oxygen atoms in total. The van der Waals surface area contributed by atoms with Gasteiger partial charge in [0.1, 0.15) is 22.6 Å². The van der Waals surface area contributed by atoms with Gasteiger partial charge in [0, 0.05) is 30.9 Å². The number of amides is 1. The van der Waals surface area contributed by atoms with E-state index in [0.717, 1.165) is 22.4 Å². The maximum atomic E-state index is 15.5. The Morgan fingerprint density at radius 3 is 2.83 bits per heavy atom. The van der Waals surface area contributed by atoms with Crippen molar-refractivity contribution in [2.75, 3.05) is 5.32 Å². The number of carbonyl (C=O) groups is 1. The first kappa shape index (κ1) is 25.1. The zero-order valence-corrected chi connectivity index (χ0v) is 21.6. The number of ether oxygens (including phenoxy) is 1. The lowest BCUT2D eigenvalue weighted by atomic mass is 9.97. The minimum atomic E-state index is -0.626. The number of anilines is 1. The third-order valence-corrected chi connectivity index (χ3v) is 6.80. The predicted octanol–water partition coefficient (Wildman–Crippen LogP) is 3.36. The molecular formula is C29H23F2N7O2. The largest absolute Gasteiger partial charge is 0.421 e. The van der Waals surface area contributed by atoms with Crippen molar-refractivity contribution in [2.24, 2.45) is 12.0 Å². The van der Waals surface area contributed by atoms with Crippen LogP contribution >= 0.6 is 0 Å². The minimum Gasteiger partial charge on any atom is -0.421 e. The summed E-state index contributed by atoms with van der Waals surface area (Å²) in [6, 6.07) is 8.08. The van der Waals surface area contributed by atoms with E-state index >= 15 is 8.78 Å². The fraction of sp³-hybridized carbons (Fsp3) is 0.138. The zero-order valence-electron chi connectivity index (χ0n) is 21.6. The van der Waals surface area contributed by atoms with Crippen molar-refractivity contribution in [3.63, 3.8) is 0 Å². The first-order chi connectivity index (χ1) is 19.3. The second-order valence-electron chi connectivity index (χ2n) is 9.33. The van der Waals surface area contributed by atoms with Gasteiger partial charge in [-0.3, -0.25) is 9.79 Å². The Bertz CT molecular complexity index is 2010. The SMILES string of the molecule is C=CC(=O)Nc1ccc(-c2cc3c(c4c5c([nH]cnc=5n2C)=NC4)CC(F)=C(Oc2nccc(C)n2)C=3)cc1F. The Morgan fingerprint density at radius 2 is 2.05 bits per heavy atom. The van der Waals surface area contributed by atoms with Gasteiger partial charge in [-0.25, -0.2) is 23.7 Å². The van der Waals surface area contributed by atoms with Gasteiger partial charge in [0.2, 0.25) is 5.91 Å². The van der Waals surface area contributed by atoms with Crippen molar-refractivity contribution in [1.82, 2.24) is 24.5 Å². The predicted molar refractivity (Wildman–Crippen MR) is 143 cm³/mol. The molecule has 2 N–H and O–H groups in total. The van der Waals surface area contributed by atoms with Crippen LogP contribution in [0, 0.1) is 23.4 Å². The number of nitrogens with zero attached hydrogens (tertiary/aromatic N) is 5. The standard InChI is InChI=1S/C29H23F2N7O2/c1-4-25(39)37-22-6-5-16(9-20(22)30)23-10-17-11-24(40-29-32-8-7-15(2)36-29)21(31)12-18(17)19-13-33-27-26(19)28(38(23)3)35-14-34-27/h4-11,14H,1,12-13H2,2-3H3,(H,37,39)(H,33,34,35). The lowest BCUT2D eigenvalue weighted by Crippen LogP contribution is -2.21. The molecule has 200 valence electrons. The minimum absolute atomic E-state index is 0.00873. The summed E-state index contributed by atoms with van der Waals surface area (Å²) in [6.45, 7) is 5.54. The second kappa shape index (κ2) is 9.84. The molecular weight excluding hydrogens is 516 g/mol. The van der Waals surface area contributed by atoms with Crippen molar-refractivity contribution in [1.29, 1.82) is 0 Å². The van der Waals surface area contributed by atoms with E-state index in [1.807, 2.05) is 17.7 Å². The number of fused-ring (bicyclic) bond motifs is 2. The number of halogens is 2. The molecule has 11 heteroatoms. The van der Waals surface area contributed by atoms with Gasteiger partial charge in [-0.15, -0.1) is 0 Å². The van der Waals surface area contributed by atoms with Crippen molar-refractivity contribution < 1.29 is 18.3 Å². The number of carbonyl (C=O) groups excluding carboxylic acids is 1. The van der Waals surface area contributed by atoms with E-state index in [0.29, 0.717) is 39.7 Å². The van der Waals surface area contributed by atoms with Crippen molar-refractivity contribution in [3.05, 3.63) is 111 Å². The smallest absolute Gasteiger partial charge is 0.322 e. The van der Waals surface area contributed by atoms with E-state index in [-0.39, 0.29) is 23.9 Å². The molecule has 0 bridgehead atoms. The van der Waals surface area contributed by atoms with Crippen LogP contribution in [0.1, 0.15) is 16.8 Å². The maximum absolute atomic E-state index is 15.5. The van der Waals surface area contributed by atoms with Crippen LogP contribution in [-0.4, -0.2) is 30.4 Å². The number of hydrogen-bond donors (Lipinski definition) is 2. The van der Waals surface area contributed by atoms with E-state index in [1.54, 1.807) is 37.7 Å². The fourth-order valence-corrected chi connectivity index (χ4v) is 4.85. The number of hydrogen-bond acceptors (Lipinski definition) is 6. The van der Waals surface area contributed by atoms with Gasteiger partial charge >= 0.3 is 6.01 Å². The monoisotopic (exact) mass is 539 g/mol. The summed E-state index contributed by atoms with van der Waals surface area (Å²) in [4.78, 5) is 32.3. The summed E-state index contributed by atoms with van der Waals surface area (Å²) >= 11 is 0. The molecule has 2 aromatic rings. The summed E-state index contributed by atoms with van der Waals surface area (Å²) in [5, 5.41) is 3.88. The molecule has 1 aromatic carbocycles. The number of H-pyrrole nitrogens is 1. The molecule has 0 saturated heterocycles. The van der Waals surface area contributed by atoms with Crippen LogP contribution in [0.3, 0.4) is 0 Å². The molecule has 0 saturated carbocycles. The third kappa shape index (κ3) is 4.41. The average molecular weight is 540 g/mol. The zero-order chi connectivity index (χ0) is 28.0. The topological polar surface area (TPSA) is 110 Å². The summed E-state index contributed by atoms with van der Waals surface area (Å²) in [6.07, 6.45) is 5.71. The number of benzene rings is 1. The molecule has 0 fully saturated rings. The van der Waals surface area contributed by atoms with Crippen molar-refractivity contribution >= 4 is 17.7 Å². The highest BCUT2D eigenvalue weighted by molar-refractivity contribution is 5.99. The van der Waals surface area contributed by atoms with Crippen LogP contribution in [-0.2, 0) is 24.8 Å². The van der Waals surface area contributed by atoms with Gasteiger partial charge in [0.25, 0.3) is 0 Å². The van der Waals surface area contributed by atoms with E-state index in [9.17, 15) is 4.79 Å². The summed E-state index contributed by atoms with van der Waals surface area (Å²) in [7, 11) is 1.82. The van der Waals surface area contributed by atoms with Crippen LogP contribution in [0.2, 0.25) is 0 Å². The summed E-state index contributed by atoms with van der Waals surface area (Å²) in [5.41, 5.74) is 4.59. The number of nitrogens with one attached hydrogen (secondary N) is 2. The molecule has 3 aliphatic heterocycles. The maximum Gasteiger partial charge on any atom is 0.322 e. The normalized spacial score (nSPS) is 13.3. The Morgan fingerprint density at radius 1 is 1.20 bits per heavy atom. The van der Waals surface area contributed by atoms with E-state index in [1.165, 1.54) is 12.1 Å². The van der Waals surface area contributed by atoms with Gasteiger partial charge in [0.15, 0.2) is 5.76 Å². The van der Waals surface area contributed by atoms with Crippen LogP contribution in [0.5, 0.6) is 6.01 Å². The number of rotatable bonds is 5. The number of aromatic amines is 1. The Kier molecular flexibility index (Phi) is 6.18. The molecule has 1 aromatic heterocycles. The molecule has 0 spiro atoms. The van der Waals surface area contributed by atoms with Crippen LogP contribution in [0.15, 0.2) is 72.1 Å². The van der Waals surface area contributed by atoms with E-state index in [2.05, 4.69) is 36.8 Å². The molecule has 0 radical (unpaired) electrons. The third-order valence-electron chi connectivity index (χ3n) is 6.80. The molecule has 4 aliphatic rings. The fourth-order valence-electron chi connectivity index (χ4n) is 4.85. The average Bonchev–Trinajstić information content (AvgIpc) is 3.37. The number of allylic oxidation sites excluding steroid dienone is 2. The van der Waals surface area contributed by atoms with Crippen molar-refractivity contribution in [3.8, 4) is 17.3 Å². The molecule has 0 atom stereocenters. The first-order valence-electron chi connectivity index (χ1n) is 12.4. The van der Waals surface area contributed by atoms with Crippen LogP contribution in [0.25, 0.3) is 17.3 Å². The highest BCUT2D eigenvalue weighted by Gasteiger charge is 2.22. The molecule has 4 heterocycles. The van der Waals surface area contributed by atoms with E-state index < -0.39 is 17.6 Å². The van der Waals surface area contributed by atoms with Gasteiger partial charge in [-0.1, -0.05) is 12.6 Å². The highest BCUT2D eigenvalue weighted by Crippen LogP contribution is 2.27. The summed E-state index contributed by atoms with van der Waals surface area (Å²) in [5.74, 6) is -1.63. The van der Waals surface area contributed by atoms with E-state index in [4.69, 9.17) is 4.74 Å². The number of aromatic nitrogens is 5.